The second-order valence-corrected chi connectivity index (χ2v) is 6.58. The van der Waals surface area contributed by atoms with Crippen molar-refractivity contribution < 1.29 is 23.8 Å². The van der Waals surface area contributed by atoms with Crippen molar-refractivity contribution in [2.75, 3.05) is 28.4 Å². The van der Waals surface area contributed by atoms with Crippen molar-refractivity contribution >= 4 is 22.8 Å². The van der Waals surface area contributed by atoms with E-state index in [1.807, 2.05) is 42.5 Å². The molecule has 0 aliphatic carbocycles. The number of nitrogens with zero attached hydrogens (tertiary/aromatic N) is 2. The van der Waals surface area contributed by atoms with E-state index >= 15 is 0 Å². The van der Waals surface area contributed by atoms with Crippen LogP contribution in [0.25, 0.3) is 10.9 Å². The molecule has 29 heavy (non-hydrogen) atoms. The average Bonchev–Trinajstić information content (AvgIpc) is 3.11. The lowest BCUT2D eigenvalue weighted by Crippen LogP contribution is -2.29. The van der Waals surface area contributed by atoms with Crippen molar-refractivity contribution in [3.05, 3.63) is 59.8 Å². The van der Waals surface area contributed by atoms with Gasteiger partial charge in [0.05, 0.1) is 26.9 Å². The molecule has 1 amide bonds. The topological polar surface area (TPSA) is 70.0 Å². The fourth-order valence-corrected chi connectivity index (χ4v) is 3.34. The third kappa shape index (κ3) is 4.03. The number of benzene rings is 2. The van der Waals surface area contributed by atoms with E-state index < -0.39 is 5.97 Å². The zero-order valence-corrected chi connectivity index (χ0v) is 17.0. The number of esters is 1. The Labute approximate surface area is 169 Å². The highest BCUT2D eigenvalue weighted by Crippen LogP contribution is 2.31. The molecule has 0 aliphatic heterocycles. The van der Waals surface area contributed by atoms with Crippen molar-refractivity contribution in [1.29, 1.82) is 0 Å². The van der Waals surface area contributed by atoms with Crippen molar-refractivity contribution in [1.82, 2.24) is 9.47 Å². The molecule has 0 spiro atoms. The number of rotatable bonds is 7. The lowest BCUT2D eigenvalue weighted by Gasteiger charge is -2.20. The molecule has 0 saturated carbocycles. The summed E-state index contributed by atoms with van der Waals surface area (Å²) in [5.41, 5.74) is 2.08. The third-order valence-electron chi connectivity index (χ3n) is 4.82. The van der Waals surface area contributed by atoms with Crippen molar-refractivity contribution in [3.63, 3.8) is 0 Å². The van der Waals surface area contributed by atoms with Gasteiger partial charge in [-0.05, 0) is 12.1 Å². The minimum atomic E-state index is -0.429. The lowest BCUT2D eigenvalue weighted by atomic mass is 10.1. The number of carbonyl (C=O) groups excluding carboxylic acids is 2. The normalized spacial score (nSPS) is 10.6. The van der Waals surface area contributed by atoms with Gasteiger partial charge in [0.2, 0.25) is 5.91 Å². The first-order valence-corrected chi connectivity index (χ1v) is 9.10. The number of ether oxygens (including phenoxy) is 3. The summed E-state index contributed by atoms with van der Waals surface area (Å²) in [5, 5.41) is 0.754. The number of methoxy groups -OCH3 is 3. The number of amides is 1. The third-order valence-corrected chi connectivity index (χ3v) is 4.82. The lowest BCUT2D eigenvalue weighted by molar-refractivity contribution is -0.131. The average molecular weight is 396 g/mol. The second-order valence-electron chi connectivity index (χ2n) is 6.58. The molecule has 152 valence electrons. The summed E-state index contributed by atoms with van der Waals surface area (Å²) < 4.78 is 17.4. The highest BCUT2D eigenvalue weighted by atomic mass is 16.5. The zero-order chi connectivity index (χ0) is 21.0. The maximum absolute atomic E-state index is 12.9. The molecule has 7 heteroatoms. The van der Waals surface area contributed by atoms with Crippen LogP contribution in [0, 0.1) is 0 Å². The van der Waals surface area contributed by atoms with Crippen LogP contribution in [0.2, 0.25) is 0 Å². The van der Waals surface area contributed by atoms with Crippen LogP contribution in [-0.4, -0.2) is 49.7 Å². The molecule has 1 heterocycles. The molecule has 1 aromatic heterocycles. The monoisotopic (exact) mass is 396 g/mol. The second kappa shape index (κ2) is 8.68. The van der Waals surface area contributed by atoms with Crippen LogP contribution in [-0.2, 0) is 22.6 Å². The van der Waals surface area contributed by atoms with Crippen molar-refractivity contribution in [3.8, 4) is 11.5 Å². The fraction of sp³-hybridized carbons (Fsp3) is 0.273. The Bertz CT molecular complexity index is 1040. The van der Waals surface area contributed by atoms with E-state index in [1.54, 1.807) is 36.9 Å². The van der Waals surface area contributed by atoms with Crippen molar-refractivity contribution in [2.45, 2.75) is 13.1 Å². The van der Waals surface area contributed by atoms with Gasteiger partial charge in [0.1, 0.15) is 6.54 Å². The predicted octanol–water partition coefficient (Wildman–Crippen LogP) is 3.10. The molecule has 0 bridgehead atoms. The highest BCUT2D eigenvalue weighted by Gasteiger charge is 2.19. The largest absolute Gasteiger partial charge is 0.493 e. The Morgan fingerprint density at radius 1 is 1.00 bits per heavy atom. The summed E-state index contributed by atoms with van der Waals surface area (Å²) in [7, 11) is 6.22. The Hall–Kier alpha value is -3.48. The predicted molar refractivity (Wildman–Crippen MR) is 109 cm³/mol. The summed E-state index contributed by atoms with van der Waals surface area (Å²) in [4.78, 5) is 26.6. The van der Waals surface area contributed by atoms with E-state index in [4.69, 9.17) is 14.2 Å². The molecule has 0 aliphatic rings. The van der Waals surface area contributed by atoms with Gasteiger partial charge in [0.25, 0.3) is 0 Å². The number of likely N-dealkylation sites (N-methyl/N-ethyl adjacent to an activating group) is 1. The van der Waals surface area contributed by atoms with Gasteiger partial charge in [-0.2, -0.15) is 0 Å². The SMILES string of the molecule is COC(=O)c1cn(CC(=O)N(C)Cc2cccc(OC)c2OC)c2ccccc12. The molecule has 7 nitrogen and oxygen atoms in total. The number of para-hydroxylation sites is 2. The smallest absolute Gasteiger partial charge is 0.340 e. The van der Waals surface area contributed by atoms with Crippen LogP contribution >= 0.6 is 0 Å². The van der Waals surface area contributed by atoms with E-state index in [1.165, 1.54) is 7.11 Å². The number of fused-ring (bicyclic) bond motifs is 1. The Balaban J connectivity index is 1.83. The van der Waals surface area contributed by atoms with Gasteiger partial charge in [-0.3, -0.25) is 4.79 Å². The fourth-order valence-electron chi connectivity index (χ4n) is 3.34. The molecule has 0 saturated heterocycles. The van der Waals surface area contributed by atoms with Gasteiger partial charge < -0.3 is 23.7 Å². The highest BCUT2D eigenvalue weighted by molar-refractivity contribution is 6.04. The number of aromatic nitrogens is 1. The number of hydrogen-bond donors (Lipinski definition) is 0. The first-order chi connectivity index (χ1) is 14.0. The van der Waals surface area contributed by atoms with E-state index in [9.17, 15) is 9.59 Å². The summed E-state index contributed by atoms with van der Waals surface area (Å²) in [5.74, 6) is 0.688. The molecular weight excluding hydrogens is 372 g/mol. The van der Waals surface area contributed by atoms with E-state index in [2.05, 4.69) is 0 Å². The van der Waals surface area contributed by atoms with Gasteiger partial charge in [-0.15, -0.1) is 0 Å². The molecule has 0 atom stereocenters. The maximum Gasteiger partial charge on any atom is 0.340 e. The molecular formula is C22H24N2O5. The molecule has 0 unspecified atom stereocenters. The van der Waals surface area contributed by atoms with Gasteiger partial charge in [0.15, 0.2) is 11.5 Å². The molecule has 0 radical (unpaired) electrons. The minimum Gasteiger partial charge on any atom is -0.493 e. The van der Waals surface area contributed by atoms with E-state index in [0.717, 1.165) is 16.5 Å². The van der Waals surface area contributed by atoms with Crippen LogP contribution in [0.3, 0.4) is 0 Å². The molecule has 2 aromatic carbocycles. The standard InChI is InChI=1S/C22H24N2O5/c1-23(12-15-8-7-11-19(27-2)21(15)28-3)20(25)14-24-13-17(22(26)29-4)16-9-5-6-10-18(16)24/h5-11,13H,12,14H2,1-4H3. The van der Waals surface area contributed by atoms with E-state index in [0.29, 0.717) is 23.6 Å². The molecule has 0 fully saturated rings. The minimum absolute atomic E-state index is 0.0975. The quantitative estimate of drug-likeness (QED) is 0.574. The molecule has 3 aromatic rings. The van der Waals surface area contributed by atoms with Crippen LogP contribution in [0.15, 0.2) is 48.7 Å². The van der Waals surface area contributed by atoms with Gasteiger partial charge >= 0.3 is 5.97 Å². The van der Waals surface area contributed by atoms with Gasteiger partial charge in [0, 0.05) is 36.3 Å². The number of carbonyl (C=O) groups is 2. The van der Waals surface area contributed by atoms with Crippen LogP contribution in [0.5, 0.6) is 11.5 Å². The maximum atomic E-state index is 12.9. The van der Waals surface area contributed by atoms with Gasteiger partial charge in [-0.25, -0.2) is 4.79 Å². The Kier molecular flexibility index (Phi) is 6.07. The Morgan fingerprint density at radius 2 is 1.76 bits per heavy atom. The van der Waals surface area contributed by atoms with Crippen LogP contribution in [0.4, 0.5) is 0 Å². The van der Waals surface area contributed by atoms with Gasteiger partial charge in [-0.1, -0.05) is 30.3 Å². The number of hydrogen-bond acceptors (Lipinski definition) is 5. The first kappa shape index (κ1) is 20.3. The zero-order valence-electron chi connectivity index (χ0n) is 17.0. The van der Waals surface area contributed by atoms with E-state index in [-0.39, 0.29) is 12.5 Å². The first-order valence-electron chi connectivity index (χ1n) is 9.10. The summed E-state index contributed by atoms with van der Waals surface area (Å²) >= 11 is 0. The van der Waals surface area contributed by atoms with Crippen LogP contribution in [0.1, 0.15) is 15.9 Å². The molecule has 0 N–H and O–H groups in total. The van der Waals surface area contributed by atoms with Crippen LogP contribution < -0.4 is 9.47 Å². The summed E-state index contributed by atoms with van der Waals surface area (Å²) in [6.45, 7) is 0.461. The van der Waals surface area contributed by atoms with Crippen molar-refractivity contribution in [2.24, 2.45) is 0 Å². The molecule has 3 rings (SSSR count). The Morgan fingerprint density at radius 3 is 2.45 bits per heavy atom. The summed E-state index contributed by atoms with van der Waals surface area (Å²) in [6, 6.07) is 13.0. The summed E-state index contributed by atoms with van der Waals surface area (Å²) in [6.07, 6.45) is 1.66.